The summed E-state index contributed by atoms with van der Waals surface area (Å²) in [5.41, 5.74) is 5.05. The Bertz CT molecular complexity index is 829. The van der Waals surface area contributed by atoms with E-state index in [1.165, 1.54) is 36.0 Å². The highest BCUT2D eigenvalue weighted by atomic mass is 16.1. The van der Waals surface area contributed by atoms with Crippen molar-refractivity contribution >= 4 is 11.9 Å². The molecule has 5 heteroatoms. The van der Waals surface area contributed by atoms with E-state index in [4.69, 9.17) is 0 Å². The molecule has 0 radical (unpaired) electrons. The van der Waals surface area contributed by atoms with Crippen LogP contribution in [-0.2, 0) is 6.54 Å². The number of allylic oxidation sites excluding steroid dienone is 1. The molecule has 1 amide bonds. The molecule has 0 saturated carbocycles. The average Bonchev–Trinajstić information content (AvgIpc) is 2.68. The SMILES string of the molecule is Cc1cc(C(=O)NCCC2=CCCCC2)nc(NCc2ccccc2C)n1. The van der Waals surface area contributed by atoms with Crippen molar-refractivity contribution in [3.8, 4) is 0 Å². The minimum atomic E-state index is -0.143. The summed E-state index contributed by atoms with van der Waals surface area (Å²) in [5.74, 6) is 0.342. The highest BCUT2D eigenvalue weighted by molar-refractivity contribution is 5.92. The Hall–Kier alpha value is -2.69. The third kappa shape index (κ3) is 5.64. The fourth-order valence-electron chi connectivity index (χ4n) is 3.31. The summed E-state index contributed by atoms with van der Waals surface area (Å²) >= 11 is 0. The standard InChI is InChI=1S/C22H28N4O/c1-16-8-6-7-11-19(16)15-24-22-25-17(2)14-20(26-22)21(27)23-13-12-18-9-4-3-5-10-18/h6-9,11,14H,3-5,10,12-13,15H2,1-2H3,(H,23,27)(H,24,25,26). The molecule has 2 aromatic rings. The van der Waals surface area contributed by atoms with Crippen LogP contribution in [0.1, 0.15) is 59.4 Å². The summed E-state index contributed by atoms with van der Waals surface area (Å²) in [4.78, 5) is 21.3. The Morgan fingerprint density at radius 1 is 1.15 bits per heavy atom. The van der Waals surface area contributed by atoms with E-state index in [-0.39, 0.29) is 5.91 Å². The zero-order chi connectivity index (χ0) is 19.1. The number of aromatic nitrogens is 2. The molecule has 0 aliphatic heterocycles. The van der Waals surface area contributed by atoms with Crippen LogP contribution in [0.2, 0.25) is 0 Å². The van der Waals surface area contributed by atoms with Gasteiger partial charge in [0.15, 0.2) is 0 Å². The molecule has 0 bridgehead atoms. The van der Waals surface area contributed by atoms with Gasteiger partial charge in [0, 0.05) is 18.8 Å². The first-order valence-corrected chi connectivity index (χ1v) is 9.72. The summed E-state index contributed by atoms with van der Waals surface area (Å²) in [6.45, 7) is 5.24. The molecule has 142 valence electrons. The lowest BCUT2D eigenvalue weighted by Gasteiger charge is -2.13. The monoisotopic (exact) mass is 364 g/mol. The van der Waals surface area contributed by atoms with E-state index in [0.717, 1.165) is 18.5 Å². The molecule has 27 heavy (non-hydrogen) atoms. The number of nitrogens with one attached hydrogen (secondary N) is 2. The van der Waals surface area contributed by atoms with Crippen LogP contribution in [0.4, 0.5) is 5.95 Å². The minimum Gasteiger partial charge on any atom is -0.350 e. The van der Waals surface area contributed by atoms with E-state index in [1.807, 2.05) is 19.1 Å². The maximum absolute atomic E-state index is 12.5. The zero-order valence-corrected chi connectivity index (χ0v) is 16.2. The fraction of sp³-hybridized carbons (Fsp3) is 0.409. The molecule has 1 aliphatic carbocycles. The van der Waals surface area contributed by atoms with Crippen LogP contribution in [-0.4, -0.2) is 22.4 Å². The smallest absolute Gasteiger partial charge is 0.270 e. The number of carbonyl (C=O) groups is 1. The Morgan fingerprint density at radius 2 is 2.00 bits per heavy atom. The number of nitrogens with zero attached hydrogens (tertiary/aromatic N) is 2. The van der Waals surface area contributed by atoms with Crippen molar-refractivity contribution in [3.63, 3.8) is 0 Å². The molecule has 1 aromatic heterocycles. The number of carbonyl (C=O) groups excluding carboxylic acids is 1. The molecule has 1 aromatic carbocycles. The van der Waals surface area contributed by atoms with E-state index in [0.29, 0.717) is 24.7 Å². The summed E-state index contributed by atoms with van der Waals surface area (Å²) in [6, 6.07) is 9.92. The Kier molecular flexibility index (Phi) is 6.58. The van der Waals surface area contributed by atoms with Crippen LogP contribution in [0.3, 0.4) is 0 Å². The first-order chi connectivity index (χ1) is 13.1. The van der Waals surface area contributed by atoms with Gasteiger partial charge in [0.2, 0.25) is 5.95 Å². The Labute approximate surface area is 161 Å². The molecule has 0 unspecified atom stereocenters. The molecule has 1 aliphatic rings. The molecule has 2 N–H and O–H groups in total. The molecule has 0 atom stereocenters. The normalized spacial score (nSPS) is 13.8. The van der Waals surface area contributed by atoms with Gasteiger partial charge in [-0.15, -0.1) is 0 Å². The second-order valence-corrected chi connectivity index (χ2v) is 7.11. The molecular weight excluding hydrogens is 336 g/mol. The maximum atomic E-state index is 12.5. The van der Waals surface area contributed by atoms with Crippen molar-refractivity contribution in [2.45, 2.75) is 52.5 Å². The molecule has 3 rings (SSSR count). The number of rotatable bonds is 7. The number of benzene rings is 1. The second-order valence-electron chi connectivity index (χ2n) is 7.11. The van der Waals surface area contributed by atoms with Crippen molar-refractivity contribution in [1.82, 2.24) is 15.3 Å². The van der Waals surface area contributed by atoms with E-state index in [2.05, 4.69) is 45.7 Å². The van der Waals surface area contributed by atoms with E-state index in [1.54, 1.807) is 6.07 Å². The molecule has 0 saturated heterocycles. The van der Waals surface area contributed by atoms with Gasteiger partial charge in [0.25, 0.3) is 5.91 Å². The number of hydrogen-bond donors (Lipinski definition) is 2. The minimum absolute atomic E-state index is 0.143. The zero-order valence-electron chi connectivity index (χ0n) is 16.2. The molecular formula is C22H28N4O. The lowest BCUT2D eigenvalue weighted by molar-refractivity contribution is 0.0949. The molecule has 0 spiro atoms. The van der Waals surface area contributed by atoms with Crippen molar-refractivity contribution in [2.75, 3.05) is 11.9 Å². The van der Waals surface area contributed by atoms with Crippen LogP contribution >= 0.6 is 0 Å². The van der Waals surface area contributed by atoms with Gasteiger partial charge < -0.3 is 10.6 Å². The maximum Gasteiger partial charge on any atom is 0.270 e. The van der Waals surface area contributed by atoms with Crippen LogP contribution in [0.5, 0.6) is 0 Å². The lowest BCUT2D eigenvalue weighted by atomic mass is 9.97. The number of amides is 1. The number of aryl methyl sites for hydroxylation is 2. The molecule has 0 fully saturated rings. The Balaban J connectivity index is 1.57. The van der Waals surface area contributed by atoms with Gasteiger partial charge in [-0.25, -0.2) is 9.97 Å². The summed E-state index contributed by atoms with van der Waals surface area (Å²) < 4.78 is 0. The quantitative estimate of drug-likeness (QED) is 0.718. The van der Waals surface area contributed by atoms with Crippen LogP contribution in [0, 0.1) is 13.8 Å². The summed E-state index contributed by atoms with van der Waals surface area (Å²) in [7, 11) is 0. The largest absolute Gasteiger partial charge is 0.350 e. The van der Waals surface area contributed by atoms with Crippen molar-refractivity contribution in [2.24, 2.45) is 0 Å². The highest BCUT2D eigenvalue weighted by Crippen LogP contribution is 2.19. The van der Waals surface area contributed by atoms with Crippen LogP contribution in [0.25, 0.3) is 0 Å². The van der Waals surface area contributed by atoms with Gasteiger partial charge in [-0.2, -0.15) is 0 Å². The van der Waals surface area contributed by atoms with Gasteiger partial charge in [0.1, 0.15) is 5.69 Å². The average molecular weight is 364 g/mol. The van der Waals surface area contributed by atoms with E-state index in [9.17, 15) is 4.79 Å². The van der Waals surface area contributed by atoms with E-state index >= 15 is 0 Å². The molecule has 5 nitrogen and oxygen atoms in total. The van der Waals surface area contributed by atoms with Crippen molar-refractivity contribution in [3.05, 3.63) is 64.5 Å². The number of hydrogen-bond acceptors (Lipinski definition) is 4. The Morgan fingerprint density at radius 3 is 2.78 bits per heavy atom. The lowest BCUT2D eigenvalue weighted by Crippen LogP contribution is -2.26. The fourth-order valence-corrected chi connectivity index (χ4v) is 3.31. The highest BCUT2D eigenvalue weighted by Gasteiger charge is 2.11. The third-order valence-electron chi connectivity index (χ3n) is 4.90. The van der Waals surface area contributed by atoms with Gasteiger partial charge in [-0.05, 0) is 63.1 Å². The molecule has 1 heterocycles. The van der Waals surface area contributed by atoms with Gasteiger partial charge in [-0.1, -0.05) is 35.9 Å². The predicted molar refractivity (Wildman–Crippen MR) is 109 cm³/mol. The topological polar surface area (TPSA) is 66.9 Å². The second kappa shape index (κ2) is 9.31. The van der Waals surface area contributed by atoms with Crippen LogP contribution < -0.4 is 10.6 Å². The van der Waals surface area contributed by atoms with Crippen molar-refractivity contribution in [1.29, 1.82) is 0 Å². The number of anilines is 1. The summed E-state index contributed by atoms with van der Waals surface area (Å²) in [6.07, 6.45) is 8.13. The van der Waals surface area contributed by atoms with E-state index < -0.39 is 0 Å². The summed E-state index contributed by atoms with van der Waals surface area (Å²) in [5, 5.41) is 6.22. The predicted octanol–water partition coefficient (Wildman–Crippen LogP) is 4.33. The van der Waals surface area contributed by atoms with Gasteiger partial charge in [0.05, 0.1) is 0 Å². The first-order valence-electron chi connectivity index (χ1n) is 9.72. The van der Waals surface area contributed by atoms with Crippen LogP contribution in [0.15, 0.2) is 42.0 Å². The third-order valence-corrected chi connectivity index (χ3v) is 4.90. The van der Waals surface area contributed by atoms with Crippen molar-refractivity contribution < 1.29 is 4.79 Å². The van der Waals surface area contributed by atoms with Gasteiger partial charge in [-0.3, -0.25) is 4.79 Å². The van der Waals surface area contributed by atoms with Gasteiger partial charge >= 0.3 is 0 Å². The first kappa shape index (κ1) is 19.1.